The second-order valence-corrected chi connectivity index (χ2v) is 3.49. The Morgan fingerprint density at radius 3 is 2.92 bits per heavy atom. The van der Waals surface area contributed by atoms with Crippen molar-refractivity contribution in [2.75, 3.05) is 0 Å². The molecule has 1 saturated heterocycles. The van der Waals surface area contributed by atoms with Gasteiger partial charge >= 0.3 is 5.97 Å². The number of carbonyl (C=O) groups excluding carboxylic acids is 1. The zero-order chi connectivity index (χ0) is 9.14. The van der Waals surface area contributed by atoms with Crippen LogP contribution in [0.3, 0.4) is 0 Å². The van der Waals surface area contributed by atoms with E-state index in [2.05, 4.69) is 20.4 Å². The zero-order valence-corrected chi connectivity index (χ0v) is 7.80. The molecule has 1 fully saturated rings. The second-order valence-electron chi connectivity index (χ2n) is 3.49. The van der Waals surface area contributed by atoms with Crippen LogP contribution in [0.2, 0.25) is 0 Å². The van der Waals surface area contributed by atoms with Crippen molar-refractivity contribution in [1.29, 1.82) is 0 Å². The minimum Gasteiger partial charge on any atom is -0.431 e. The van der Waals surface area contributed by atoms with Gasteiger partial charge in [-0.05, 0) is 12.3 Å². The summed E-state index contributed by atoms with van der Waals surface area (Å²) in [5.74, 6) is 1.08. The number of carbonyl (C=O) groups is 1. The third-order valence-electron chi connectivity index (χ3n) is 2.61. The summed E-state index contributed by atoms with van der Waals surface area (Å²) in [6.45, 7) is 7.84. The summed E-state index contributed by atoms with van der Waals surface area (Å²) in [5.41, 5.74) is 0. The predicted molar refractivity (Wildman–Crippen MR) is 47.4 cm³/mol. The molecule has 2 nitrogen and oxygen atoms in total. The van der Waals surface area contributed by atoms with Crippen LogP contribution < -0.4 is 0 Å². The SMILES string of the molecule is C=C1CCC(C(C)CC)C(=O)O1. The molecule has 0 radical (unpaired) electrons. The number of rotatable bonds is 2. The summed E-state index contributed by atoms with van der Waals surface area (Å²) >= 11 is 0. The van der Waals surface area contributed by atoms with Gasteiger partial charge in [-0.25, -0.2) is 0 Å². The van der Waals surface area contributed by atoms with Gasteiger partial charge in [-0.1, -0.05) is 26.8 Å². The largest absolute Gasteiger partial charge is 0.431 e. The minimum absolute atomic E-state index is 0.0828. The van der Waals surface area contributed by atoms with Crippen molar-refractivity contribution in [2.45, 2.75) is 33.1 Å². The van der Waals surface area contributed by atoms with Crippen molar-refractivity contribution in [1.82, 2.24) is 0 Å². The maximum absolute atomic E-state index is 11.3. The van der Waals surface area contributed by atoms with Crippen LogP contribution in [-0.4, -0.2) is 5.97 Å². The van der Waals surface area contributed by atoms with Gasteiger partial charge in [0.05, 0.1) is 5.92 Å². The highest BCUT2D eigenvalue weighted by atomic mass is 16.5. The molecular weight excluding hydrogens is 152 g/mol. The maximum atomic E-state index is 11.3. The standard InChI is InChI=1S/C10H16O2/c1-4-7(2)9-6-5-8(3)12-10(9)11/h7,9H,3-6H2,1-2H3. The Kier molecular flexibility index (Phi) is 2.90. The van der Waals surface area contributed by atoms with Gasteiger partial charge in [-0.2, -0.15) is 0 Å². The lowest BCUT2D eigenvalue weighted by Gasteiger charge is -2.26. The first-order valence-corrected chi connectivity index (χ1v) is 4.54. The summed E-state index contributed by atoms with van der Waals surface area (Å²) < 4.78 is 4.99. The third-order valence-corrected chi connectivity index (χ3v) is 2.61. The second kappa shape index (κ2) is 3.74. The van der Waals surface area contributed by atoms with E-state index in [4.69, 9.17) is 4.74 Å². The van der Waals surface area contributed by atoms with Gasteiger partial charge in [0, 0.05) is 6.42 Å². The van der Waals surface area contributed by atoms with Gasteiger partial charge in [0.2, 0.25) is 0 Å². The molecular formula is C10H16O2. The van der Waals surface area contributed by atoms with Crippen LogP contribution in [0.15, 0.2) is 12.3 Å². The van der Waals surface area contributed by atoms with E-state index in [1.807, 2.05) is 0 Å². The van der Waals surface area contributed by atoms with Crippen molar-refractivity contribution < 1.29 is 9.53 Å². The van der Waals surface area contributed by atoms with Crippen LogP contribution in [0, 0.1) is 11.8 Å². The van der Waals surface area contributed by atoms with Gasteiger partial charge in [0.1, 0.15) is 5.76 Å². The Labute approximate surface area is 73.6 Å². The number of ether oxygens (including phenoxy) is 1. The molecule has 2 unspecified atom stereocenters. The molecule has 1 rings (SSSR count). The molecule has 12 heavy (non-hydrogen) atoms. The van der Waals surface area contributed by atoms with Crippen LogP contribution in [0.1, 0.15) is 33.1 Å². The summed E-state index contributed by atoms with van der Waals surface area (Å²) in [5, 5.41) is 0. The monoisotopic (exact) mass is 168 g/mol. The first-order valence-electron chi connectivity index (χ1n) is 4.54. The molecule has 0 bridgehead atoms. The van der Waals surface area contributed by atoms with Crippen LogP contribution in [0.4, 0.5) is 0 Å². The normalized spacial score (nSPS) is 26.7. The Bertz CT molecular complexity index is 196. The van der Waals surface area contributed by atoms with Crippen LogP contribution >= 0.6 is 0 Å². The Balaban J connectivity index is 2.56. The fourth-order valence-electron chi connectivity index (χ4n) is 1.50. The van der Waals surface area contributed by atoms with E-state index in [9.17, 15) is 4.79 Å². The molecule has 0 N–H and O–H groups in total. The van der Waals surface area contributed by atoms with Gasteiger partial charge in [-0.15, -0.1) is 0 Å². The van der Waals surface area contributed by atoms with E-state index in [0.29, 0.717) is 11.7 Å². The van der Waals surface area contributed by atoms with E-state index in [0.717, 1.165) is 19.3 Å². The molecule has 1 heterocycles. The van der Waals surface area contributed by atoms with Gasteiger partial charge < -0.3 is 4.74 Å². The molecule has 0 aliphatic carbocycles. The quantitative estimate of drug-likeness (QED) is 0.592. The van der Waals surface area contributed by atoms with Crippen molar-refractivity contribution in [2.24, 2.45) is 11.8 Å². The molecule has 1 aliphatic rings. The van der Waals surface area contributed by atoms with E-state index in [1.165, 1.54) is 0 Å². The Hall–Kier alpha value is -0.790. The van der Waals surface area contributed by atoms with E-state index in [1.54, 1.807) is 0 Å². The fraction of sp³-hybridized carbons (Fsp3) is 0.700. The van der Waals surface area contributed by atoms with Gasteiger partial charge in [0.15, 0.2) is 0 Å². The fourth-order valence-corrected chi connectivity index (χ4v) is 1.50. The lowest BCUT2D eigenvalue weighted by Crippen LogP contribution is -2.27. The molecule has 0 amide bonds. The lowest BCUT2D eigenvalue weighted by atomic mass is 9.86. The van der Waals surface area contributed by atoms with Gasteiger partial charge in [0.25, 0.3) is 0 Å². The highest BCUT2D eigenvalue weighted by Gasteiger charge is 2.29. The molecule has 0 aromatic carbocycles. The number of hydrogen-bond acceptors (Lipinski definition) is 2. The summed E-state index contributed by atoms with van der Waals surface area (Å²) in [6.07, 6.45) is 2.78. The maximum Gasteiger partial charge on any atom is 0.314 e. The number of allylic oxidation sites excluding steroid dienone is 1. The minimum atomic E-state index is -0.0828. The lowest BCUT2D eigenvalue weighted by molar-refractivity contribution is -0.149. The molecule has 2 atom stereocenters. The van der Waals surface area contributed by atoms with Crippen LogP contribution in [0.5, 0.6) is 0 Å². The Morgan fingerprint density at radius 2 is 2.42 bits per heavy atom. The first kappa shape index (κ1) is 9.30. The smallest absolute Gasteiger partial charge is 0.314 e. The average Bonchev–Trinajstić information content (AvgIpc) is 2.03. The highest BCUT2D eigenvalue weighted by Crippen LogP contribution is 2.28. The third kappa shape index (κ3) is 1.87. The highest BCUT2D eigenvalue weighted by molar-refractivity contribution is 5.74. The first-order chi connectivity index (χ1) is 5.65. The number of hydrogen-bond donors (Lipinski definition) is 0. The summed E-state index contributed by atoms with van der Waals surface area (Å²) in [7, 11) is 0. The summed E-state index contributed by atoms with van der Waals surface area (Å²) in [6, 6.07) is 0. The molecule has 2 heteroatoms. The van der Waals surface area contributed by atoms with E-state index in [-0.39, 0.29) is 11.9 Å². The average molecular weight is 168 g/mol. The van der Waals surface area contributed by atoms with Crippen molar-refractivity contribution in [3.8, 4) is 0 Å². The van der Waals surface area contributed by atoms with E-state index >= 15 is 0 Å². The molecule has 1 aliphatic heterocycles. The molecule has 0 aromatic rings. The molecule has 0 spiro atoms. The van der Waals surface area contributed by atoms with Gasteiger partial charge in [-0.3, -0.25) is 4.79 Å². The van der Waals surface area contributed by atoms with Crippen LogP contribution in [0.25, 0.3) is 0 Å². The number of cyclic esters (lactones) is 1. The molecule has 0 aromatic heterocycles. The molecule has 68 valence electrons. The molecule has 0 saturated carbocycles. The Morgan fingerprint density at radius 1 is 1.75 bits per heavy atom. The van der Waals surface area contributed by atoms with Crippen molar-refractivity contribution in [3.63, 3.8) is 0 Å². The number of esters is 1. The van der Waals surface area contributed by atoms with Crippen molar-refractivity contribution in [3.05, 3.63) is 12.3 Å². The topological polar surface area (TPSA) is 26.3 Å². The summed E-state index contributed by atoms with van der Waals surface area (Å²) in [4.78, 5) is 11.3. The van der Waals surface area contributed by atoms with E-state index < -0.39 is 0 Å². The predicted octanol–water partition coefficient (Wildman–Crippen LogP) is 2.50. The van der Waals surface area contributed by atoms with Crippen LogP contribution in [-0.2, 0) is 9.53 Å². The zero-order valence-electron chi connectivity index (χ0n) is 7.80. The van der Waals surface area contributed by atoms with Crippen molar-refractivity contribution >= 4 is 5.97 Å².